The van der Waals surface area contributed by atoms with Gasteiger partial charge in [0.15, 0.2) is 0 Å². The van der Waals surface area contributed by atoms with Gasteiger partial charge < -0.3 is 30.1 Å². The van der Waals surface area contributed by atoms with Gasteiger partial charge in [0.05, 0.1) is 7.11 Å². The second-order valence-corrected chi connectivity index (χ2v) is 11.0. The molecule has 0 aromatic heterocycles. The molecule has 41 heavy (non-hydrogen) atoms. The van der Waals surface area contributed by atoms with E-state index in [1.54, 1.807) is 57.2 Å². The number of carbonyl (C=O) groups excluding carboxylic acids is 4. The third kappa shape index (κ3) is 8.48. The molecule has 1 saturated carbocycles. The number of phenols is 1. The SMILES string of the molecule is C#Cc1ccccc1C(C(=O)NCC(=O)OC)N(C(=O)C(Cc1ccc(O)cc1)NC(=O)OC(C)(C)C)C1CC1C. The van der Waals surface area contributed by atoms with Gasteiger partial charge in [-0.1, -0.05) is 43.2 Å². The van der Waals surface area contributed by atoms with Crippen LogP contribution in [0.25, 0.3) is 0 Å². The van der Waals surface area contributed by atoms with Crippen molar-refractivity contribution in [1.82, 2.24) is 15.5 Å². The Morgan fingerprint density at radius 1 is 1.12 bits per heavy atom. The topological polar surface area (TPSA) is 134 Å². The number of methoxy groups -OCH3 is 1. The largest absolute Gasteiger partial charge is 0.508 e. The highest BCUT2D eigenvalue weighted by atomic mass is 16.6. The van der Waals surface area contributed by atoms with E-state index in [0.717, 1.165) is 0 Å². The van der Waals surface area contributed by atoms with Crippen molar-refractivity contribution >= 4 is 23.9 Å². The van der Waals surface area contributed by atoms with Crippen LogP contribution in [-0.4, -0.2) is 65.2 Å². The number of terminal acetylenes is 1. The lowest BCUT2D eigenvalue weighted by Crippen LogP contribution is -2.55. The second-order valence-electron chi connectivity index (χ2n) is 11.0. The van der Waals surface area contributed by atoms with Gasteiger partial charge in [0.2, 0.25) is 11.8 Å². The molecule has 1 fully saturated rings. The Balaban J connectivity index is 2.08. The highest BCUT2D eigenvalue weighted by Crippen LogP contribution is 2.41. The van der Waals surface area contributed by atoms with E-state index in [4.69, 9.17) is 11.2 Å². The molecule has 3 rings (SSSR count). The Hall–Kier alpha value is -4.52. The smallest absolute Gasteiger partial charge is 0.408 e. The fraction of sp³-hybridized carbons (Fsp3) is 0.419. The van der Waals surface area contributed by atoms with Crippen LogP contribution < -0.4 is 10.6 Å². The van der Waals surface area contributed by atoms with E-state index in [2.05, 4.69) is 21.3 Å². The number of esters is 1. The molecule has 1 aliphatic carbocycles. The van der Waals surface area contributed by atoms with E-state index >= 15 is 0 Å². The molecule has 1 aliphatic rings. The van der Waals surface area contributed by atoms with Gasteiger partial charge in [-0.3, -0.25) is 14.4 Å². The average molecular weight is 564 g/mol. The number of benzene rings is 2. The van der Waals surface area contributed by atoms with Gasteiger partial charge in [-0.2, -0.15) is 0 Å². The van der Waals surface area contributed by atoms with Crippen LogP contribution in [-0.2, 0) is 30.3 Å². The summed E-state index contributed by atoms with van der Waals surface area (Å²) in [5, 5.41) is 15.0. The van der Waals surface area contributed by atoms with E-state index in [0.29, 0.717) is 23.1 Å². The standard InChI is InChI=1S/C31H37N3O7/c1-7-21-10-8-9-11-23(21)27(28(37)32-18-26(36)40-6)34(25-16-19(25)2)29(38)24(33-30(39)41-31(3,4)5)17-20-12-14-22(35)15-13-20/h1,8-15,19,24-25,27,35H,16-18H2,2-6H3,(H,32,37)(H,33,39). The number of rotatable bonds is 10. The van der Waals surface area contributed by atoms with Crippen molar-refractivity contribution in [3.8, 4) is 18.1 Å². The third-order valence-corrected chi connectivity index (χ3v) is 6.62. The van der Waals surface area contributed by atoms with Crippen LogP contribution in [0, 0.1) is 18.3 Å². The van der Waals surface area contributed by atoms with Crippen LogP contribution in [0.2, 0.25) is 0 Å². The number of hydrogen-bond acceptors (Lipinski definition) is 7. The Labute approximate surface area is 240 Å². The predicted molar refractivity (Wildman–Crippen MR) is 152 cm³/mol. The Bertz CT molecular complexity index is 1310. The first-order valence-corrected chi connectivity index (χ1v) is 13.3. The van der Waals surface area contributed by atoms with Crippen LogP contribution >= 0.6 is 0 Å². The molecule has 2 aromatic carbocycles. The van der Waals surface area contributed by atoms with Crippen molar-refractivity contribution in [2.45, 2.75) is 64.3 Å². The number of nitrogens with zero attached hydrogens (tertiary/aromatic N) is 1. The van der Waals surface area contributed by atoms with E-state index in [9.17, 15) is 24.3 Å². The molecule has 10 heteroatoms. The van der Waals surface area contributed by atoms with E-state index < -0.39 is 48.1 Å². The molecular formula is C31H37N3O7. The van der Waals surface area contributed by atoms with Gasteiger partial charge in [0.1, 0.15) is 30.0 Å². The maximum Gasteiger partial charge on any atom is 0.408 e. The lowest BCUT2D eigenvalue weighted by Gasteiger charge is -2.35. The number of phenolic OH excluding ortho intramolecular Hbond substituents is 1. The van der Waals surface area contributed by atoms with Crippen molar-refractivity contribution in [2.75, 3.05) is 13.7 Å². The number of aromatic hydroxyl groups is 1. The van der Waals surface area contributed by atoms with Crippen molar-refractivity contribution in [1.29, 1.82) is 0 Å². The summed E-state index contributed by atoms with van der Waals surface area (Å²) in [6.45, 7) is 6.68. The lowest BCUT2D eigenvalue weighted by atomic mass is 9.96. The zero-order chi connectivity index (χ0) is 30.3. The molecule has 4 atom stereocenters. The normalized spacial score (nSPS) is 17.3. The Morgan fingerprint density at radius 2 is 1.76 bits per heavy atom. The molecule has 0 bridgehead atoms. The van der Waals surface area contributed by atoms with Gasteiger partial charge in [-0.15, -0.1) is 6.42 Å². The van der Waals surface area contributed by atoms with Crippen molar-refractivity contribution in [3.05, 3.63) is 65.2 Å². The zero-order valence-electron chi connectivity index (χ0n) is 24.0. The van der Waals surface area contributed by atoms with Gasteiger partial charge in [0.25, 0.3) is 0 Å². The minimum absolute atomic E-state index is 0.0541. The molecule has 10 nitrogen and oxygen atoms in total. The zero-order valence-corrected chi connectivity index (χ0v) is 24.0. The minimum atomic E-state index is -1.20. The maximum atomic E-state index is 14.4. The Kier molecular flexibility index (Phi) is 10.0. The van der Waals surface area contributed by atoms with Crippen LogP contribution in [0.1, 0.15) is 56.8 Å². The molecule has 3 N–H and O–H groups in total. The lowest BCUT2D eigenvalue weighted by molar-refractivity contribution is -0.145. The first kappa shape index (κ1) is 31.0. The monoisotopic (exact) mass is 563 g/mol. The van der Waals surface area contributed by atoms with Crippen molar-refractivity contribution < 1.29 is 33.8 Å². The molecule has 0 spiro atoms. The van der Waals surface area contributed by atoms with Crippen molar-refractivity contribution in [3.63, 3.8) is 0 Å². The van der Waals surface area contributed by atoms with Gasteiger partial charge in [-0.25, -0.2) is 4.79 Å². The van der Waals surface area contributed by atoms with E-state index in [1.165, 1.54) is 24.1 Å². The highest BCUT2D eigenvalue weighted by molar-refractivity contribution is 5.94. The number of amides is 3. The third-order valence-electron chi connectivity index (χ3n) is 6.62. The summed E-state index contributed by atoms with van der Waals surface area (Å²) in [6, 6.07) is 10.4. The molecule has 218 valence electrons. The average Bonchev–Trinajstić information content (AvgIpc) is 3.64. The molecule has 0 aliphatic heterocycles. The van der Waals surface area contributed by atoms with E-state index in [1.807, 2.05) is 6.92 Å². The Morgan fingerprint density at radius 3 is 2.32 bits per heavy atom. The van der Waals surface area contributed by atoms with Crippen molar-refractivity contribution in [2.24, 2.45) is 5.92 Å². The number of alkyl carbamates (subject to hydrolysis) is 1. The van der Waals surface area contributed by atoms with E-state index in [-0.39, 0.29) is 24.1 Å². The van der Waals surface area contributed by atoms with Gasteiger partial charge >= 0.3 is 12.1 Å². The van der Waals surface area contributed by atoms with Gasteiger partial charge in [0, 0.05) is 18.0 Å². The number of nitrogens with one attached hydrogen (secondary N) is 2. The summed E-state index contributed by atoms with van der Waals surface area (Å²) in [7, 11) is 1.21. The molecule has 3 amide bonds. The summed E-state index contributed by atoms with van der Waals surface area (Å²) < 4.78 is 10.1. The predicted octanol–water partition coefficient (Wildman–Crippen LogP) is 3.08. The minimum Gasteiger partial charge on any atom is -0.508 e. The molecule has 4 unspecified atom stereocenters. The fourth-order valence-corrected chi connectivity index (χ4v) is 4.48. The summed E-state index contributed by atoms with van der Waals surface area (Å²) >= 11 is 0. The van der Waals surface area contributed by atoms with Crippen LogP contribution in [0.3, 0.4) is 0 Å². The number of hydrogen-bond donors (Lipinski definition) is 3. The summed E-state index contributed by atoms with van der Waals surface area (Å²) in [5.41, 5.74) is 0.664. The number of ether oxygens (including phenoxy) is 2. The molecular weight excluding hydrogens is 526 g/mol. The van der Waals surface area contributed by atoms with Crippen LogP contribution in [0.4, 0.5) is 4.79 Å². The second kappa shape index (κ2) is 13.2. The summed E-state index contributed by atoms with van der Waals surface area (Å²) in [6.07, 6.45) is 5.66. The molecule has 2 aromatic rings. The van der Waals surface area contributed by atoms with Gasteiger partial charge in [-0.05, 0) is 62.4 Å². The molecule has 0 saturated heterocycles. The van der Waals surface area contributed by atoms with Crippen LogP contribution in [0.5, 0.6) is 5.75 Å². The molecule has 0 heterocycles. The number of carbonyl (C=O) groups is 4. The molecule has 0 radical (unpaired) electrons. The fourth-order valence-electron chi connectivity index (χ4n) is 4.48. The summed E-state index contributed by atoms with van der Waals surface area (Å²) in [5.74, 6) is 0.908. The maximum absolute atomic E-state index is 14.4. The highest BCUT2D eigenvalue weighted by Gasteiger charge is 2.48. The first-order valence-electron chi connectivity index (χ1n) is 13.3. The van der Waals surface area contributed by atoms with Crippen LogP contribution in [0.15, 0.2) is 48.5 Å². The quantitative estimate of drug-likeness (QED) is 0.299. The summed E-state index contributed by atoms with van der Waals surface area (Å²) in [4.78, 5) is 54.3. The first-order chi connectivity index (χ1) is 19.3.